The number of ether oxygens (including phenoxy) is 1. The predicted molar refractivity (Wildman–Crippen MR) is 152 cm³/mol. The zero-order chi connectivity index (χ0) is 28.8. The molecule has 5 nitrogen and oxygen atoms in total. The zero-order valence-corrected chi connectivity index (χ0v) is 24.5. The second-order valence-corrected chi connectivity index (χ2v) is 16.8. The molecule has 0 aromatic heterocycles. The van der Waals surface area contributed by atoms with Crippen molar-refractivity contribution >= 4 is 25.7 Å². The fourth-order valence-corrected chi connectivity index (χ4v) is 5.44. The van der Waals surface area contributed by atoms with Crippen molar-refractivity contribution in [3.8, 4) is 16.9 Å². The van der Waals surface area contributed by atoms with E-state index in [4.69, 9.17) is 9.16 Å². The lowest BCUT2D eigenvalue weighted by atomic mass is 9.88. The van der Waals surface area contributed by atoms with Gasteiger partial charge in [-0.1, -0.05) is 45.0 Å². The van der Waals surface area contributed by atoms with Crippen molar-refractivity contribution in [1.82, 2.24) is 0 Å². The highest BCUT2D eigenvalue weighted by Gasteiger charge is 2.43. The molecule has 3 aromatic carbocycles. The van der Waals surface area contributed by atoms with Crippen LogP contribution in [0.4, 0.5) is 14.5 Å². The summed E-state index contributed by atoms with van der Waals surface area (Å²) in [5.74, 6) is -2.15. The fourth-order valence-electron chi connectivity index (χ4n) is 4.34. The summed E-state index contributed by atoms with van der Waals surface area (Å²) in [5, 5.41) is 2.58. The minimum atomic E-state index is -2.03. The van der Waals surface area contributed by atoms with Gasteiger partial charge in [-0.3, -0.25) is 9.59 Å². The molecular formula is C31H35F2NO4Si. The smallest absolute Gasteiger partial charge is 0.261 e. The molecule has 1 atom stereocenters. The molecule has 1 unspecified atom stereocenters. The van der Waals surface area contributed by atoms with Crippen molar-refractivity contribution < 1.29 is 27.5 Å². The van der Waals surface area contributed by atoms with E-state index in [2.05, 4.69) is 39.2 Å². The van der Waals surface area contributed by atoms with Gasteiger partial charge in [-0.05, 0) is 79.0 Å². The summed E-state index contributed by atoms with van der Waals surface area (Å²) < 4.78 is 40.9. The van der Waals surface area contributed by atoms with Gasteiger partial charge in [-0.15, -0.1) is 0 Å². The van der Waals surface area contributed by atoms with Crippen LogP contribution >= 0.6 is 0 Å². The Balaban J connectivity index is 1.56. The summed E-state index contributed by atoms with van der Waals surface area (Å²) in [6.45, 7) is 15.0. The normalized spacial score (nSPS) is 17.4. The molecule has 39 heavy (non-hydrogen) atoms. The maximum Gasteiger partial charge on any atom is 0.261 e. The quantitative estimate of drug-likeness (QED) is 0.316. The number of anilines is 1. The lowest BCUT2D eigenvalue weighted by molar-refractivity contribution is 0.0144. The summed E-state index contributed by atoms with van der Waals surface area (Å²) in [4.78, 5) is 25.6. The van der Waals surface area contributed by atoms with Crippen LogP contribution in [-0.4, -0.2) is 32.2 Å². The van der Waals surface area contributed by atoms with E-state index in [1.807, 2.05) is 19.9 Å². The minimum Gasteiger partial charge on any atom is -0.484 e. The predicted octanol–water partition coefficient (Wildman–Crippen LogP) is 7.94. The Labute approximate surface area is 229 Å². The molecule has 0 radical (unpaired) electrons. The number of hydrogen-bond donors (Lipinski definition) is 1. The average Bonchev–Trinajstić information content (AvgIpc) is 2.83. The van der Waals surface area contributed by atoms with Crippen LogP contribution in [0.3, 0.4) is 0 Å². The van der Waals surface area contributed by atoms with E-state index >= 15 is 0 Å². The Kier molecular flexibility index (Phi) is 7.58. The molecule has 1 heterocycles. The molecule has 1 N–H and O–H groups in total. The fraction of sp³-hybridized carbons (Fsp3) is 0.355. The monoisotopic (exact) mass is 551 g/mol. The summed E-state index contributed by atoms with van der Waals surface area (Å²) >= 11 is 0. The summed E-state index contributed by atoms with van der Waals surface area (Å²) in [6.07, 6.45) is 0.240. The van der Waals surface area contributed by atoms with Crippen LogP contribution < -0.4 is 10.1 Å². The number of carbonyl (C=O) groups is 2. The molecule has 206 valence electrons. The van der Waals surface area contributed by atoms with Crippen LogP contribution in [0.15, 0.2) is 54.6 Å². The lowest BCUT2D eigenvalue weighted by Gasteiger charge is -2.41. The maximum atomic E-state index is 14.0. The number of hydrogen-bond acceptors (Lipinski definition) is 4. The van der Waals surface area contributed by atoms with Crippen molar-refractivity contribution in [1.29, 1.82) is 0 Å². The number of amides is 1. The summed E-state index contributed by atoms with van der Waals surface area (Å²) in [5.41, 5.74) is 2.07. The SMILES string of the molecule is Cc1c(-c2ccc(NC(=O)c3c(F)cccc3F)cc2)ccc2c1OC(C)(CO[Si](C)(C)C(C)(C)C)CC2=O. The standard InChI is InChI=1S/C31H35F2NO4Si/c1-19-22(20-11-13-21(14-12-20)34-29(36)27-24(32)9-8-10-25(27)33)15-16-23-26(35)17-31(5,38-28(19)23)18-37-39(6,7)30(2,3)4/h8-16H,17-18H2,1-7H3,(H,34,36). The highest BCUT2D eigenvalue weighted by atomic mass is 28.4. The van der Waals surface area contributed by atoms with Gasteiger partial charge in [-0.2, -0.15) is 0 Å². The number of fused-ring (bicyclic) bond motifs is 1. The highest BCUT2D eigenvalue weighted by molar-refractivity contribution is 6.74. The minimum absolute atomic E-state index is 0.0191. The molecule has 1 aliphatic rings. The first kappa shape index (κ1) is 28.6. The molecule has 0 aliphatic carbocycles. The van der Waals surface area contributed by atoms with Crippen LogP contribution in [0, 0.1) is 18.6 Å². The van der Waals surface area contributed by atoms with Gasteiger partial charge < -0.3 is 14.5 Å². The van der Waals surface area contributed by atoms with Gasteiger partial charge in [0, 0.05) is 5.69 Å². The van der Waals surface area contributed by atoms with Crippen molar-refractivity contribution in [3.63, 3.8) is 0 Å². The molecule has 3 aromatic rings. The number of ketones is 1. The molecule has 0 fully saturated rings. The Hall–Kier alpha value is -3.36. The first-order valence-electron chi connectivity index (χ1n) is 13.0. The Morgan fingerprint density at radius 1 is 1.03 bits per heavy atom. The van der Waals surface area contributed by atoms with E-state index in [1.54, 1.807) is 30.3 Å². The Morgan fingerprint density at radius 2 is 1.62 bits per heavy atom. The van der Waals surface area contributed by atoms with E-state index < -0.39 is 37.0 Å². The van der Waals surface area contributed by atoms with Crippen molar-refractivity contribution in [3.05, 3.63) is 82.9 Å². The number of carbonyl (C=O) groups excluding carboxylic acids is 2. The van der Waals surface area contributed by atoms with Gasteiger partial charge in [0.1, 0.15) is 28.5 Å². The topological polar surface area (TPSA) is 64.6 Å². The van der Waals surface area contributed by atoms with Crippen molar-refractivity contribution in [2.45, 2.75) is 64.8 Å². The van der Waals surface area contributed by atoms with Crippen LogP contribution in [0.2, 0.25) is 18.1 Å². The van der Waals surface area contributed by atoms with E-state index in [0.29, 0.717) is 23.6 Å². The third-order valence-corrected chi connectivity index (χ3v) is 12.3. The number of halogens is 2. The number of nitrogens with one attached hydrogen (secondary N) is 1. The van der Waals surface area contributed by atoms with Crippen molar-refractivity contribution in [2.75, 3.05) is 11.9 Å². The molecule has 1 amide bonds. The van der Waals surface area contributed by atoms with Crippen LogP contribution in [-0.2, 0) is 4.43 Å². The van der Waals surface area contributed by atoms with Crippen molar-refractivity contribution in [2.24, 2.45) is 0 Å². The molecule has 0 saturated carbocycles. The molecule has 0 spiro atoms. The zero-order valence-electron chi connectivity index (χ0n) is 23.5. The molecule has 8 heteroatoms. The molecule has 0 bridgehead atoms. The lowest BCUT2D eigenvalue weighted by Crippen LogP contribution is -2.49. The van der Waals surface area contributed by atoms with Gasteiger partial charge in [-0.25, -0.2) is 8.78 Å². The Morgan fingerprint density at radius 3 is 2.21 bits per heavy atom. The van der Waals surface area contributed by atoms with Crippen LogP contribution in [0.1, 0.15) is 60.4 Å². The van der Waals surface area contributed by atoms with Gasteiger partial charge >= 0.3 is 0 Å². The first-order valence-corrected chi connectivity index (χ1v) is 15.9. The highest BCUT2D eigenvalue weighted by Crippen LogP contribution is 2.42. The van der Waals surface area contributed by atoms with E-state index in [0.717, 1.165) is 28.8 Å². The Bertz CT molecular complexity index is 1410. The van der Waals surface area contributed by atoms with Gasteiger partial charge in [0.25, 0.3) is 5.91 Å². The largest absolute Gasteiger partial charge is 0.484 e. The number of rotatable bonds is 6. The molecule has 0 saturated heterocycles. The first-order chi connectivity index (χ1) is 18.1. The van der Waals surface area contributed by atoms with Crippen LogP contribution in [0.25, 0.3) is 11.1 Å². The van der Waals surface area contributed by atoms with Gasteiger partial charge in [0.15, 0.2) is 14.1 Å². The molecule has 4 rings (SSSR count). The van der Waals surface area contributed by atoms with E-state index in [-0.39, 0.29) is 17.2 Å². The second-order valence-electron chi connectivity index (χ2n) is 11.9. The van der Waals surface area contributed by atoms with Crippen LogP contribution in [0.5, 0.6) is 5.75 Å². The van der Waals surface area contributed by atoms with Gasteiger partial charge in [0.2, 0.25) is 0 Å². The third kappa shape index (κ3) is 5.82. The molecule has 1 aliphatic heterocycles. The number of benzene rings is 3. The summed E-state index contributed by atoms with van der Waals surface area (Å²) in [7, 11) is -2.03. The summed E-state index contributed by atoms with van der Waals surface area (Å²) in [6, 6.07) is 13.9. The third-order valence-electron chi connectivity index (χ3n) is 7.78. The maximum absolute atomic E-state index is 14.0. The van der Waals surface area contributed by atoms with E-state index in [9.17, 15) is 18.4 Å². The van der Waals surface area contributed by atoms with E-state index in [1.165, 1.54) is 6.07 Å². The average molecular weight is 552 g/mol. The second kappa shape index (κ2) is 10.3. The molecular weight excluding hydrogens is 516 g/mol. The number of Topliss-reactive ketones (excluding diaryl/α,β-unsaturated/α-hetero) is 1. The van der Waals surface area contributed by atoms with Gasteiger partial charge in [0.05, 0.1) is 18.6 Å².